The standard InChI is InChI=1S/C19H14F5N3O.C2HF3O2/c20-13-8-27(9-13)18(28)10-26-4-3-16-17(26)6-12(7-25-16)11-1-2-15(21)14(5-11)19(22,23)24;3-2(4,5)1(6)7/h1-7,13H,8-10H2;(H,6,7). The lowest BCUT2D eigenvalue weighted by molar-refractivity contribution is -0.192. The SMILES string of the molecule is O=C(Cn1ccc2ncc(-c3ccc(F)c(C(F)(F)F)c3)cc21)N1CC(F)C1.O=C(O)C(F)(F)F. The zero-order chi connectivity index (χ0) is 26.1. The minimum absolute atomic E-state index is 0.0292. The van der Waals surface area contributed by atoms with Gasteiger partial charge in [0.1, 0.15) is 18.5 Å². The number of nitrogens with zero attached hydrogens (tertiary/aromatic N) is 3. The summed E-state index contributed by atoms with van der Waals surface area (Å²) in [4.78, 5) is 26.7. The number of carbonyl (C=O) groups is 2. The molecule has 14 heteroatoms. The van der Waals surface area contributed by atoms with Crippen LogP contribution in [0.25, 0.3) is 22.2 Å². The Morgan fingerprint density at radius 1 is 1.03 bits per heavy atom. The quantitative estimate of drug-likeness (QED) is 0.521. The average Bonchev–Trinajstić information content (AvgIpc) is 3.12. The van der Waals surface area contributed by atoms with E-state index >= 15 is 0 Å². The maximum Gasteiger partial charge on any atom is 0.490 e. The van der Waals surface area contributed by atoms with Crippen molar-refractivity contribution in [2.45, 2.75) is 25.1 Å². The normalized spacial score (nSPS) is 14.3. The number of fused-ring (bicyclic) bond motifs is 1. The summed E-state index contributed by atoms with van der Waals surface area (Å²) in [6.07, 6.45) is -7.86. The van der Waals surface area contributed by atoms with Gasteiger partial charge in [0.2, 0.25) is 5.91 Å². The largest absolute Gasteiger partial charge is 0.490 e. The van der Waals surface area contributed by atoms with Gasteiger partial charge in [-0.25, -0.2) is 13.6 Å². The van der Waals surface area contributed by atoms with E-state index in [0.29, 0.717) is 16.6 Å². The molecule has 1 aliphatic rings. The van der Waals surface area contributed by atoms with E-state index in [2.05, 4.69) is 4.98 Å². The summed E-state index contributed by atoms with van der Waals surface area (Å²) in [6, 6.07) is 6.01. The lowest BCUT2D eigenvalue weighted by Crippen LogP contribution is -2.52. The number of hydrogen-bond acceptors (Lipinski definition) is 3. The first kappa shape index (κ1) is 25.9. The molecule has 4 rings (SSSR count). The van der Waals surface area contributed by atoms with E-state index in [0.717, 1.165) is 12.1 Å². The zero-order valence-electron chi connectivity index (χ0n) is 17.4. The fourth-order valence-corrected chi connectivity index (χ4v) is 3.16. The van der Waals surface area contributed by atoms with Crippen molar-refractivity contribution >= 4 is 22.9 Å². The Morgan fingerprint density at radius 2 is 1.66 bits per heavy atom. The summed E-state index contributed by atoms with van der Waals surface area (Å²) in [5, 5.41) is 7.12. The number of carboxylic acid groups (broad SMARTS) is 1. The summed E-state index contributed by atoms with van der Waals surface area (Å²) in [5.41, 5.74) is 0.264. The van der Waals surface area contributed by atoms with Crippen LogP contribution in [0.1, 0.15) is 5.56 Å². The highest BCUT2D eigenvalue weighted by atomic mass is 19.4. The van der Waals surface area contributed by atoms with Crippen LogP contribution in [-0.4, -0.2) is 56.9 Å². The van der Waals surface area contributed by atoms with Crippen LogP contribution in [0, 0.1) is 5.82 Å². The number of rotatable bonds is 3. The van der Waals surface area contributed by atoms with Gasteiger partial charge < -0.3 is 14.6 Å². The highest BCUT2D eigenvalue weighted by Crippen LogP contribution is 2.34. The summed E-state index contributed by atoms with van der Waals surface area (Å²) < 4.78 is 98.7. The number of carbonyl (C=O) groups excluding carboxylic acids is 1. The fourth-order valence-electron chi connectivity index (χ4n) is 3.16. The smallest absolute Gasteiger partial charge is 0.475 e. The van der Waals surface area contributed by atoms with Crippen molar-refractivity contribution in [1.82, 2.24) is 14.5 Å². The first-order valence-electron chi connectivity index (χ1n) is 9.70. The molecule has 0 bridgehead atoms. The van der Waals surface area contributed by atoms with Gasteiger partial charge in [0, 0.05) is 18.0 Å². The lowest BCUT2D eigenvalue weighted by atomic mass is 10.0. The molecule has 35 heavy (non-hydrogen) atoms. The molecule has 0 unspecified atom stereocenters. The highest BCUT2D eigenvalue weighted by Gasteiger charge is 2.38. The number of alkyl halides is 7. The van der Waals surface area contributed by atoms with Crippen molar-refractivity contribution in [3.63, 3.8) is 0 Å². The number of pyridine rings is 1. The van der Waals surface area contributed by atoms with E-state index in [1.165, 1.54) is 17.2 Å². The molecule has 3 aromatic rings. The number of amides is 1. The number of aliphatic carboxylic acids is 1. The molecule has 2 aromatic heterocycles. The van der Waals surface area contributed by atoms with E-state index in [1.807, 2.05) is 0 Å². The number of hydrogen-bond donors (Lipinski definition) is 1. The van der Waals surface area contributed by atoms with Gasteiger partial charge in [-0.3, -0.25) is 9.78 Å². The molecule has 0 spiro atoms. The monoisotopic (exact) mass is 509 g/mol. The van der Waals surface area contributed by atoms with E-state index < -0.39 is 35.9 Å². The number of likely N-dealkylation sites (tertiary alicyclic amines) is 1. The lowest BCUT2D eigenvalue weighted by Gasteiger charge is -2.34. The Morgan fingerprint density at radius 3 is 2.20 bits per heavy atom. The van der Waals surface area contributed by atoms with Crippen LogP contribution in [0.15, 0.2) is 42.7 Å². The summed E-state index contributed by atoms with van der Waals surface area (Å²) >= 11 is 0. The Bertz CT molecular complexity index is 1250. The fraction of sp³-hybridized carbons (Fsp3) is 0.286. The second-order valence-electron chi connectivity index (χ2n) is 7.46. The number of carboxylic acids is 1. The molecule has 3 heterocycles. The van der Waals surface area contributed by atoms with Gasteiger partial charge in [0.05, 0.1) is 29.7 Å². The van der Waals surface area contributed by atoms with Gasteiger partial charge in [0.15, 0.2) is 0 Å². The Balaban J connectivity index is 0.000000429. The molecule has 1 saturated heterocycles. The van der Waals surface area contributed by atoms with Gasteiger partial charge in [-0.2, -0.15) is 26.3 Å². The van der Waals surface area contributed by atoms with Crippen LogP contribution >= 0.6 is 0 Å². The predicted molar refractivity (Wildman–Crippen MR) is 105 cm³/mol. The van der Waals surface area contributed by atoms with Crippen molar-refractivity contribution in [2.24, 2.45) is 0 Å². The molecule has 188 valence electrons. The molecule has 0 radical (unpaired) electrons. The molecule has 1 amide bonds. The molecule has 0 atom stereocenters. The molecule has 1 N–H and O–H groups in total. The van der Waals surface area contributed by atoms with Crippen LogP contribution in [0.3, 0.4) is 0 Å². The second kappa shape index (κ2) is 9.50. The molecule has 0 aliphatic carbocycles. The van der Waals surface area contributed by atoms with E-state index in [9.17, 15) is 39.9 Å². The van der Waals surface area contributed by atoms with Crippen molar-refractivity contribution in [2.75, 3.05) is 13.1 Å². The molecule has 6 nitrogen and oxygen atoms in total. The van der Waals surface area contributed by atoms with Gasteiger partial charge in [-0.15, -0.1) is 0 Å². The van der Waals surface area contributed by atoms with Crippen molar-refractivity contribution in [3.8, 4) is 11.1 Å². The third kappa shape index (κ3) is 6.05. The van der Waals surface area contributed by atoms with Crippen molar-refractivity contribution in [1.29, 1.82) is 0 Å². The highest BCUT2D eigenvalue weighted by molar-refractivity contribution is 5.84. The van der Waals surface area contributed by atoms with Crippen LogP contribution in [0.2, 0.25) is 0 Å². The third-order valence-electron chi connectivity index (χ3n) is 4.96. The van der Waals surface area contributed by atoms with Crippen LogP contribution in [0.5, 0.6) is 0 Å². The second-order valence-corrected chi connectivity index (χ2v) is 7.46. The molecule has 1 fully saturated rings. The summed E-state index contributed by atoms with van der Waals surface area (Å²) in [5.74, 6) is -4.36. The van der Waals surface area contributed by atoms with E-state index in [-0.39, 0.29) is 31.1 Å². The predicted octanol–water partition coefficient (Wildman–Crippen LogP) is 4.67. The molecular formula is C21H15F8N3O3. The Labute approximate surface area is 191 Å². The van der Waals surface area contributed by atoms with Gasteiger partial charge >= 0.3 is 18.3 Å². The molecule has 1 aliphatic heterocycles. The van der Waals surface area contributed by atoms with Crippen molar-refractivity contribution in [3.05, 3.63) is 54.1 Å². The topological polar surface area (TPSA) is 75.4 Å². The minimum atomic E-state index is -5.08. The minimum Gasteiger partial charge on any atom is -0.475 e. The maximum atomic E-state index is 13.5. The van der Waals surface area contributed by atoms with Gasteiger partial charge in [0.25, 0.3) is 0 Å². The van der Waals surface area contributed by atoms with Crippen LogP contribution < -0.4 is 0 Å². The summed E-state index contributed by atoms with van der Waals surface area (Å²) in [6.45, 7) is 0.104. The molecule has 0 saturated carbocycles. The average molecular weight is 509 g/mol. The van der Waals surface area contributed by atoms with Gasteiger partial charge in [-0.05, 0) is 29.8 Å². The first-order valence-corrected chi connectivity index (χ1v) is 9.70. The number of aromatic nitrogens is 2. The van der Waals surface area contributed by atoms with Gasteiger partial charge in [-0.1, -0.05) is 6.07 Å². The van der Waals surface area contributed by atoms with Crippen LogP contribution in [-0.2, 0) is 22.3 Å². The van der Waals surface area contributed by atoms with Crippen molar-refractivity contribution < 1.29 is 49.8 Å². The third-order valence-corrected chi connectivity index (χ3v) is 4.96. The summed E-state index contributed by atoms with van der Waals surface area (Å²) in [7, 11) is 0. The van der Waals surface area contributed by atoms with E-state index in [1.54, 1.807) is 22.9 Å². The Kier molecular flexibility index (Phi) is 7.03. The first-order chi connectivity index (χ1) is 16.2. The molecule has 1 aromatic carbocycles. The number of halogens is 8. The Hall–Kier alpha value is -3.71. The van der Waals surface area contributed by atoms with E-state index in [4.69, 9.17) is 9.90 Å². The van der Waals surface area contributed by atoms with Crippen LogP contribution in [0.4, 0.5) is 35.1 Å². The molecular weight excluding hydrogens is 494 g/mol. The zero-order valence-corrected chi connectivity index (χ0v) is 17.4. The number of benzene rings is 1. The maximum absolute atomic E-state index is 13.5.